The quantitative estimate of drug-likeness (QED) is 0.0594. The van der Waals surface area contributed by atoms with Gasteiger partial charge in [0.05, 0.1) is 30.1 Å². The summed E-state index contributed by atoms with van der Waals surface area (Å²) in [5.74, 6) is -7.00. The van der Waals surface area contributed by atoms with Crippen LogP contribution in [0.2, 0.25) is 0 Å². The first kappa shape index (κ1) is 71.3. The average Bonchev–Trinajstić information content (AvgIpc) is 1.53. The molecular formula is C60H88CoN13O15P-4. The number of phosphoric ester groups is 1. The van der Waals surface area contributed by atoms with Gasteiger partial charge in [0.25, 0.3) is 0 Å². The maximum atomic E-state index is 14.3. The number of nitrogens with one attached hydrogen (secondary N) is 1. The van der Waals surface area contributed by atoms with Crippen molar-refractivity contribution < 1.29 is 88.9 Å². The van der Waals surface area contributed by atoms with Crippen molar-refractivity contribution in [3.8, 4) is 5.75 Å². The minimum atomic E-state index is -5.09. The first-order chi connectivity index (χ1) is 41.4. The van der Waals surface area contributed by atoms with Crippen LogP contribution in [0.5, 0.6) is 5.75 Å². The van der Waals surface area contributed by atoms with Crippen LogP contribution in [0.3, 0.4) is 0 Å². The predicted molar refractivity (Wildman–Crippen MR) is 325 cm³/mol. The van der Waals surface area contributed by atoms with Crippen molar-refractivity contribution in [1.29, 1.82) is 0 Å². The molecule has 5 fully saturated rings. The number of fused-ring (bicyclic) bond motifs is 10. The van der Waals surface area contributed by atoms with Gasteiger partial charge < -0.3 is 90.5 Å². The second-order valence-corrected chi connectivity index (χ2v) is 28.2. The summed E-state index contributed by atoms with van der Waals surface area (Å²) in [6, 6.07) is 0.975. The molecule has 0 spiro atoms. The van der Waals surface area contributed by atoms with E-state index in [1.807, 2.05) is 61.5 Å². The third-order valence-corrected chi connectivity index (χ3v) is 21.7. The number of phenolic OH excluding ortho intramolecular Hbond substituents is 1. The molecule has 1 radical (unpaired) electrons. The number of amides is 7. The summed E-state index contributed by atoms with van der Waals surface area (Å²) in [7, 11) is -5.09. The number of hydrogen-bond acceptors (Lipinski definition) is 15. The Kier molecular flexibility index (Phi) is 21.3. The molecule has 90 heavy (non-hydrogen) atoms. The molecule has 2 aromatic rings. The molecular weight excluding hydrogens is 1230 g/mol. The summed E-state index contributed by atoms with van der Waals surface area (Å²) >= 11 is 0. The van der Waals surface area contributed by atoms with Crippen LogP contribution in [0, 0.1) is 45.3 Å². The molecule has 4 unspecified atom stereocenters. The number of imidazole rings is 1. The van der Waals surface area contributed by atoms with Crippen LogP contribution in [-0.2, 0) is 68.7 Å². The number of rotatable bonds is 26. The number of carbonyl (C=O) groups is 7. The predicted octanol–water partition coefficient (Wildman–Crippen LogP) is 3.94. The number of hydrogen-bond donors (Lipinski definition) is 11. The van der Waals surface area contributed by atoms with Gasteiger partial charge >= 0.3 is 7.82 Å². The Morgan fingerprint density at radius 3 is 1.96 bits per heavy atom. The van der Waals surface area contributed by atoms with E-state index in [1.54, 1.807) is 0 Å². The first-order valence-electron chi connectivity index (χ1n) is 30.2. The number of primary amides is 6. The van der Waals surface area contributed by atoms with Crippen LogP contribution in [0.1, 0.15) is 139 Å². The van der Waals surface area contributed by atoms with Crippen molar-refractivity contribution in [3.63, 3.8) is 0 Å². The Balaban J connectivity index is 0.0000115. The third-order valence-electron chi connectivity index (χ3n) is 20.6. The van der Waals surface area contributed by atoms with Crippen LogP contribution in [-0.4, -0.2) is 138 Å². The molecule has 6 aliphatic rings. The smallest absolute Gasteiger partial charge is 0.472 e. The fourth-order valence-corrected chi connectivity index (χ4v) is 17.0. The number of benzene rings is 1. The minimum absolute atomic E-state index is 0. The number of allylic oxidation sites excluding steroid dienone is 3. The zero-order valence-corrected chi connectivity index (χ0v) is 54.2. The van der Waals surface area contributed by atoms with Crippen molar-refractivity contribution in [2.24, 2.45) is 79.7 Å². The maximum Gasteiger partial charge on any atom is 0.472 e. The van der Waals surface area contributed by atoms with E-state index in [9.17, 15) is 58.3 Å². The Morgan fingerprint density at radius 2 is 1.37 bits per heavy atom. The Labute approximate surface area is 533 Å². The molecule has 7 amide bonds. The van der Waals surface area contributed by atoms with Crippen LogP contribution >= 0.6 is 7.82 Å². The van der Waals surface area contributed by atoms with Gasteiger partial charge in [-0.1, -0.05) is 53.6 Å². The molecule has 7 heterocycles. The first-order valence-corrected chi connectivity index (χ1v) is 31.7. The minimum Gasteiger partial charge on any atom is -0.685 e. The van der Waals surface area contributed by atoms with Crippen molar-refractivity contribution >= 4 is 60.2 Å². The normalized spacial score (nSPS) is 36.6. The number of nitrogens with two attached hydrogens (primary N) is 6. The van der Waals surface area contributed by atoms with Gasteiger partial charge in [-0.25, -0.2) is 9.55 Å². The number of phosphoric acid groups is 1. The van der Waals surface area contributed by atoms with E-state index in [1.165, 1.54) is 36.0 Å². The van der Waals surface area contributed by atoms with Crippen molar-refractivity contribution in [2.75, 3.05) is 13.2 Å². The number of phenols is 1. The number of aliphatic hydroxyl groups excluding tert-OH is 2. The van der Waals surface area contributed by atoms with Gasteiger partial charge in [-0.15, -0.1) is 34.8 Å². The monoisotopic (exact) mass is 1320 g/mol. The summed E-state index contributed by atoms with van der Waals surface area (Å²) in [6.07, 6.45) is -4.42. The van der Waals surface area contributed by atoms with Crippen LogP contribution in [0.15, 0.2) is 58.8 Å². The standard InChI is InChI=1S/C60H88N13O15P.Co/c1-28(87-89(84,85)88-51-39(26-74)86-55(50(51)83)73-27-68-37-20-31(75)10-14-38(37)73)25-67-47(82)18-19-57(6)35(21-44(64)79)54-60(9)59(8,24-46(66)81)34(13-17-43(63)78)49(72-60)30(3)53-58(7,23-45(65)80)32(11-15-41(61)76)36(69-53)22-40-56(4,5)33(12-16-42(62)77)48(70-40)29(2)52(57)71-54;/h10,14,20,22,27-28,32-36,39,48-51,54-55,74-75,83H,11-13,15-19,21,23-26H2,1-9H3,(H2,61,76)(H2,62,77)(H2,63,78)(H2,64,79)(H2,65,80)(H2,66,81)(H,67,82)(H,84,85);/q-4;/b40-22-,52-29-,53-30-;/t28-,32-,33-,34-,35+,36?,39-,48?,49?,50-,51-,54-,55+,57-,58+,59+,60+;/m1./s1. The van der Waals surface area contributed by atoms with Gasteiger partial charge in [-0.05, 0) is 104 Å². The number of aliphatic hydroxyl groups is 2. The van der Waals surface area contributed by atoms with Crippen LogP contribution < -0.4 is 39.7 Å². The zero-order chi connectivity index (χ0) is 65.8. The maximum absolute atomic E-state index is 14.3. The molecule has 501 valence electrons. The summed E-state index contributed by atoms with van der Waals surface area (Å²) in [5.41, 5.74) is 33.7. The Morgan fingerprint density at radius 1 is 0.778 bits per heavy atom. The molecule has 0 saturated carbocycles. The number of aromatic nitrogens is 2. The summed E-state index contributed by atoms with van der Waals surface area (Å²) in [6.45, 7) is 15.5. The fourth-order valence-electron chi connectivity index (χ4n) is 15.9. The zero-order valence-electron chi connectivity index (χ0n) is 52.3. The van der Waals surface area contributed by atoms with E-state index < -0.39 is 161 Å². The molecule has 28 nitrogen and oxygen atoms in total. The fraction of sp³-hybridized carbons (Fsp3) is 0.667. The van der Waals surface area contributed by atoms with Crippen molar-refractivity contribution in [3.05, 3.63) is 80.1 Å². The van der Waals surface area contributed by atoms with Gasteiger partial charge in [-0.2, -0.15) is 17.1 Å². The summed E-state index contributed by atoms with van der Waals surface area (Å²) in [4.78, 5) is 109. The second-order valence-electron chi connectivity index (χ2n) is 26.8. The second kappa shape index (κ2) is 26.8. The average molecular weight is 1320 g/mol. The van der Waals surface area contributed by atoms with Gasteiger partial charge in [0.15, 0.2) is 6.23 Å². The van der Waals surface area contributed by atoms with Gasteiger partial charge in [-0.3, -0.25) is 42.6 Å². The molecule has 6 aliphatic heterocycles. The number of aromatic hydroxyl groups is 1. The molecule has 8 bridgehead atoms. The number of nitrogens with zero attached hydrogens (tertiary/aromatic N) is 6. The molecule has 1 aromatic carbocycles. The Hall–Kier alpha value is -6.14. The van der Waals surface area contributed by atoms with E-state index >= 15 is 0 Å². The van der Waals surface area contributed by atoms with Crippen LogP contribution in [0.4, 0.5) is 0 Å². The molecule has 8 rings (SSSR count). The summed E-state index contributed by atoms with van der Waals surface area (Å²) in [5, 5.41) is 56.6. The van der Waals surface area contributed by atoms with E-state index in [0.717, 1.165) is 0 Å². The Bertz CT molecular complexity index is 3290. The van der Waals surface area contributed by atoms with E-state index in [2.05, 4.69) is 10.3 Å². The number of carbonyl (C=O) groups excluding carboxylic acids is 7. The van der Waals surface area contributed by atoms with E-state index in [-0.39, 0.29) is 99.7 Å². The molecule has 1 aromatic heterocycles. The SMILES string of the molecule is C/C1=C2/[N-][C@H]([C@H](CC(N)=O)[C@@]2(C)CCC(=O)NC[C@@H](C)OP(=O)(O)O[C@H]2[C@@H](O)[C@@H](n3cnc4cc(O)ccc43)O[C@@H]2CO)[C@]2(C)[N-]C(/C(C)=C3\[N-]C(/C=C4\[N-]C1[C@@H](CCC(N)=O)C4(C)C)[C@@H](CCC(N)=O)[C@]3(C)CC(N)=O)[C@@H](CCC(N)=O)[C@]2(C)CC(N)=O.[Co]. The van der Waals surface area contributed by atoms with Gasteiger partial charge in [0.2, 0.25) is 41.4 Å². The van der Waals surface area contributed by atoms with Crippen molar-refractivity contribution in [2.45, 2.75) is 193 Å². The van der Waals surface area contributed by atoms with Gasteiger partial charge in [0, 0.05) is 74.3 Å². The molecule has 30 heteroatoms. The van der Waals surface area contributed by atoms with E-state index in [4.69, 9.17) is 69.5 Å². The summed E-state index contributed by atoms with van der Waals surface area (Å²) < 4.78 is 31.9. The van der Waals surface area contributed by atoms with Crippen LogP contribution in [0.25, 0.3) is 32.3 Å². The molecule has 17 N–H and O–H groups in total. The third kappa shape index (κ3) is 13.7. The molecule has 18 atom stereocenters. The molecule has 5 saturated heterocycles. The topological polar surface area (TPSA) is 488 Å². The van der Waals surface area contributed by atoms with Gasteiger partial charge in [0.1, 0.15) is 24.1 Å². The number of ether oxygens (including phenoxy) is 1. The van der Waals surface area contributed by atoms with Crippen molar-refractivity contribution in [1.82, 2.24) is 14.9 Å². The van der Waals surface area contributed by atoms with E-state index in [0.29, 0.717) is 39.3 Å². The molecule has 0 aliphatic carbocycles. The largest absolute Gasteiger partial charge is 0.685 e.